The number of phenols is 1. The van der Waals surface area contributed by atoms with Crippen molar-refractivity contribution < 1.29 is 9.90 Å². The SMILES string of the molecule is CC(C)(C)C(Cn1ccnc1)NC(=O)CCc1ccccc1O. The number of rotatable bonds is 6. The Morgan fingerprint density at radius 3 is 2.70 bits per heavy atom. The van der Waals surface area contributed by atoms with Crippen LogP contribution in [0.5, 0.6) is 5.75 Å². The van der Waals surface area contributed by atoms with E-state index in [1.807, 2.05) is 22.9 Å². The zero-order valence-electron chi connectivity index (χ0n) is 14.0. The first kappa shape index (κ1) is 17.1. The Morgan fingerprint density at radius 2 is 2.09 bits per heavy atom. The highest BCUT2D eigenvalue weighted by molar-refractivity contribution is 5.76. The van der Waals surface area contributed by atoms with Gasteiger partial charge in [-0.25, -0.2) is 4.98 Å². The van der Waals surface area contributed by atoms with Gasteiger partial charge in [0.25, 0.3) is 0 Å². The zero-order chi connectivity index (χ0) is 16.9. The van der Waals surface area contributed by atoms with E-state index in [1.165, 1.54) is 0 Å². The molecule has 0 aliphatic heterocycles. The summed E-state index contributed by atoms with van der Waals surface area (Å²) in [5.41, 5.74) is 0.735. The molecule has 23 heavy (non-hydrogen) atoms. The first-order valence-electron chi connectivity index (χ1n) is 7.88. The molecule has 0 fully saturated rings. The van der Waals surface area contributed by atoms with Crippen LogP contribution < -0.4 is 5.32 Å². The fourth-order valence-corrected chi connectivity index (χ4v) is 2.38. The van der Waals surface area contributed by atoms with Crippen LogP contribution in [0.4, 0.5) is 0 Å². The lowest BCUT2D eigenvalue weighted by Gasteiger charge is -2.31. The zero-order valence-corrected chi connectivity index (χ0v) is 14.0. The van der Waals surface area contributed by atoms with E-state index in [0.29, 0.717) is 19.4 Å². The van der Waals surface area contributed by atoms with Crippen molar-refractivity contribution >= 4 is 5.91 Å². The number of phenolic OH excluding ortho intramolecular Hbond substituents is 1. The predicted molar refractivity (Wildman–Crippen MR) is 90.0 cm³/mol. The highest BCUT2D eigenvalue weighted by Crippen LogP contribution is 2.21. The van der Waals surface area contributed by atoms with E-state index in [9.17, 15) is 9.90 Å². The fraction of sp³-hybridized carbons (Fsp3) is 0.444. The van der Waals surface area contributed by atoms with Gasteiger partial charge in [-0.2, -0.15) is 0 Å². The standard InChI is InChI=1S/C18H25N3O2/c1-18(2,3)16(12-21-11-10-19-13-21)20-17(23)9-8-14-6-4-5-7-15(14)22/h4-7,10-11,13,16,22H,8-9,12H2,1-3H3,(H,20,23). The lowest BCUT2D eigenvalue weighted by molar-refractivity contribution is -0.122. The third-order valence-electron chi connectivity index (χ3n) is 3.95. The van der Waals surface area contributed by atoms with Crippen LogP contribution in [0.1, 0.15) is 32.8 Å². The summed E-state index contributed by atoms with van der Waals surface area (Å²) < 4.78 is 1.97. The summed E-state index contributed by atoms with van der Waals surface area (Å²) in [6.45, 7) is 7.01. The maximum Gasteiger partial charge on any atom is 0.220 e. The average molecular weight is 315 g/mol. The molecule has 1 aromatic heterocycles. The third-order valence-corrected chi connectivity index (χ3v) is 3.95. The Balaban J connectivity index is 1.93. The van der Waals surface area contributed by atoms with Gasteiger partial charge >= 0.3 is 0 Å². The van der Waals surface area contributed by atoms with Gasteiger partial charge < -0.3 is 15.0 Å². The van der Waals surface area contributed by atoms with Gasteiger partial charge in [0.05, 0.1) is 12.4 Å². The van der Waals surface area contributed by atoms with Crippen LogP contribution in [0.3, 0.4) is 0 Å². The Bertz CT molecular complexity index is 630. The van der Waals surface area contributed by atoms with Gasteiger partial charge in [-0.05, 0) is 23.5 Å². The number of amides is 1. The molecule has 1 heterocycles. The fourth-order valence-electron chi connectivity index (χ4n) is 2.38. The van der Waals surface area contributed by atoms with E-state index < -0.39 is 0 Å². The van der Waals surface area contributed by atoms with Gasteiger partial charge in [0.1, 0.15) is 5.75 Å². The lowest BCUT2D eigenvalue weighted by Crippen LogP contribution is -2.46. The number of para-hydroxylation sites is 1. The lowest BCUT2D eigenvalue weighted by atomic mass is 9.86. The number of aryl methyl sites for hydroxylation is 1. The van der Waals surface area contributed by atoms with Crippen LogP contribution in [0, 0.1) is 5.41 Å². The highest BCUT2D eigenvalue weighted by Gasteiger charge is 2.26. The number of carbonyl (C=O) groups excluding carboxylic acids is 1. The van der Waals surface area contributed by atoms with Gasteiger partial charge in [-0.3, -0.25) is 4.79 Å². The normalized spacial score (nSPS) is 12.8. The predicted octanol–water partition coefficient (Wildman–Crippen LogP) is 2.75. The Hall–Kier alpha value is -2.30. The molecule has 124 valence electrons. The van der Waals surface area contributed by atoms with E-state index in [4.69, 9.17) is 0 Å². The molecule has 2 rings (SSSR count). The van der Waals surface area contributed by atoms with Gasteiger partial charge in [-0.15, -0.1) is 0 Å². The van der Waals surface area contributed by atoms with Crippen molar-refractivity contribution in [2.75, 3.05) is 0 Å². The van der Waals surface area contributed by atoms with E-state index in [2.05, 4.69) is 31.1 Å². The second-order valence-electron chi connectivity index (χ2n) is 6.87. The average Bonchev–Trinajstić information content (AvgIpc) is 2.98. The van der Waals surface area contributed by atoms with Crippen LogP contribution in [-0.4, -0.2) is 26.6 Å². The van der Waals surface area contributed by atoms with Crippen LogP contribution in [-0.2, 0) is 17.8 Å². The summed E-state index contributed by atoms with van der Waals surface area (Å²) in [6.07, 6.45) is 6.27. The maximum atomic E-state index is 12.3. The number of carbonyl (C=O) groups is 1. The Kier molecular flexibility index (Phi) is 5.42. The molecule has 5 nitrogen and oxygen atoms in total. The van der Waals surface area contributed by atoms with E-state index in [-0.39, 0.29) is 23.1 Å². The summed E-state index contributed by atoms with van der Waals surface area (Å²) >= 11 is 0. The van der Waals surface area contributed by atoms with Crippen LogP contribution in [0.15, 0.2) is 43.0 Å². The Labute approximate surface area is 137 Å². The second kappa shape index (κ2) is 7.31. The van der Waals surface area contributed by atoms with Gasteiger partial charge in [0, 0.05) is 25.4 Å². The molecule has 0 aliphatic carbocycles. The monoisotopic (exact) mass is 315 g/mol. The summed E-state index contributed by atoms with van der Waals surface area (Å²) in [6, 6.07) is 7.14. The molecule has 0 bridgehead atoms. The van der Waals surface area contributed by atoms with Crippen molar-refractivity contribution in [3.63, 3.8) is 0 Å². The molecule has 1 unspecified atom stereocenters. The quantitative estimate of drug-likeness (QED) is 0.861. The molecular weight excluding hydrogens is 290 g/mol. The second-order valence-corrected chi connectivity index (χ2v) is 6.87. The molecule has 0 saturated heterocycles. The molecule has 5 heteroatoms. The van der Waals surface area contributed by atoms with Gasteiger partial charge in [0.2, 0.25) is 5.91 Å². The molecule has 0 saturated carbocycles. The van der Waals surface area contributed by atoms with Crippen molar-refractivity contribution in [2.24, 2.45) is 5.41 Å². The summed E-state index contributed by atoms with van der Waals surface area (Å²) in [5.74, 6) is 0.236. The Morgan fingerprint density at radius 1 is 1.35 bits per heavy atom. The number of aromatic nitrogens is 2. The molecule has 1 amide bonds. The van der Waals surface area contributed by atoms with Crippen molar-refractivity contribution in [3.8, 4) is 5.75 Å². The summed E-state index contributed by atoms with van der Waals surface area (Å²) in [4.78, 5) is 16.3. The van der Waals surface area contributed by atoms with Crippen LogP contribution >= 0.6 is 0 Å². The molecule has 2 aromatic rings. The summed E-state index contributed by atoms with van der Waals surface area (Å²) in [7, 11) is 0. The molecule has 0 radical (unpaired) electrons. The van der Waals surface area contributed by atoms with Crippen LogP contribution in [0.25, 0.3) is 0 Å². The minimum atomic E-state index is -0.0607. The molecular formula is C18H25N3O2. The maximum absolute atomic E-state index is 12.3. The molecule has 0 aliphatic rings. The first-order valence-corrected chi connectivity index (χ1v) is 7.88. The van der Waals surface area contributed by atoms with E-state index >= 15 is 0 Å². The molecule has 1 atom stereocenters. The van der Waals surface area contributed by atoms with Crippen LogP contribution in [0.2, 0.25) is 0 Å². The van der Waals surface area contributed by atoms with Crippen molar-refractivity contribution in [3.05, 3.63) is 48.5 Å². The number of hydrogen-bond donors (Lipinski definition) is 2. The number of aromatic hydroxyl groups is 1. The van der Waals surface area contributed by atoms with Crippen molar-refractivity contribution in [1.29, 1.82) is 0 Å². The van der Waals surface area contributed by atoms with Gasteiger partial charge in [-0.1, -0.05) is 39.0 Å². The number of hydrogen-bond acceptors (Lipinski definition) is 3. The number of nitrogens with zero attached hydrogens (tertiary/aromatic N) is 2. The highest BCUT2D eigenvalue weighted by atomic mass is 16.3. The molecule has 2 N–H and O–H groups in total. The van der Waals surface area contributed by atoms with Crippen molar-refractivity contribution in [2.45, 2.75) is 46.2 Å². The summed E-state index contributed by atoms with van der Waals surface area (Å²) in [5, 5.41) is 12.9. The number of benzene rings is 1. The van der Waals surface area contributed by atoms with Crippen molar-refractivity contribution in [1.82, 2.24) is 14.9 Å². The van der Waals surface area contributed by atoms with E-state index in [0.717, 1.165) is 5.56 Å². The van der Waals surface area contributed by atoms with E-state index in [1.54, 1.807) is 24.7 Å². The minimum absolute atomic E-state index is 0.00621. The minimum Gasteiger partial charge on any atom is -0.508 e. The molecule has 1 aromatic carbocycles. The number of imidazole rings is 1. The first-order chi connectivity index (χ1) is 10.9. The number of nitrogens with one attached hydrogen (secondary N) is 1. The topological polar surface area (TPSA) is 67.2 Å². The van der Waals surface area contributed by atoms with Gasteiger partial charge in [0.15, 0.2) is 0 Å². The smallest absolute Gasteiger partial charge is 0.220 e. The molecule has 0 spiro atoms. The third kappa shape index (κ3) is 5.13. The largest absolute Gasteiger partial charge is 0.508 e.